The highest BCUT2D eigenvalue weighted by molar-refractivity contribution is 5.96. The lowest BCUT2D eigenvalue weighted by atomic mass is 9.71. The lowest BCUT2D eigenvalue weighted by Gasteiger charge is -2.45. The number of carbonyl (C=O) groups excluding carboxylic acids is 2. The van der Waals surface area contributed by atoms with Gasteiger partial charge in [0.05, 0.1) is 11.6 Å². The quantitative estimate of drug-likeness (QED) is 0.474. The van der Waals surface area contributed by atoms with Crippen LogP contribution in [-0.2, 0) is 22.4 Å². The Kier molecular flexibility index (Phi) is 9.88. The van der Waals surface area contributed by atoms with Gasteiger partial charge in [0.1, 0.15) is 0 Å². The number of anilines is 1. The summed E-state index contributed by atoms with van der Waals surface area (Å²) < 4.78 is 5.46. The molecule has 1 N–H and O–H groups in total. The molecule has 1 aliphatic carbocycles. The number of hydrogen-bond donors (Lipinski definition) is 1. The second-order valence-electron chi connectivity index (χ2n) is 10.8. The highest BCUT2D eigenvalue weighted by atomic mass is 35.5. The number of rotatable bonds is 8. The van der Waals surface area contributed by atoms with Crippen molar-refractivity contribution in [3.05, 3.63) is 29.3 Å². The zero-order valence-corrected chi connectivity index (χ0v) is 22.6. The van der Waals surface area contributed by atoms with E-state index in [-0.39, 0.29) is 36.1 Å². The predicted octanol–water partition coefficient (Wildman–Crippen LogP) is 5.50. The minimum atomic E-state index is -0.374. The summed E-state index contributed by atoms with van der Waals surface area (Å²) in [5.41, 5.74) is 3.39. The Balaban J connectivity index is 0.00000342. The van der Waals surface area contributed by atoms with Crippen molar-refractivity contribution in [1.82, 2.24) is 10.2 Å². The molecule has 2 aliphatic heterocycles. The van der Waals surface area contributed by atoms with Gasteiger partial charge in [-0.05, 0) is 88.1 Å². The number of nitrogens with one attached hydrogen (secondary N) is 1. The number of nitrogens with zero attached hydrogens (tertiary/aromatic N) is 2. The summed E-state index contributed by atoms with van der Waals surface area (Å²) in [6.07, 6.45) is 10.0. The maximum absolute atomic E-state index is 13.3. The van der Waals surface area contributed by atoms with Crippen molar-refractivity contribution < 1.29 is 14.3 Å². The Morgan fingerprint density at radius 1 is 1.14 bits per heavy atom. The molecule has 6 nitrogen and oxygen atoms in total. The number of fused-ring (bicyclic) bond motifs is 1. The van der Waals surface area contributed by atoms with E-state index in [4.69, 9.17) is 4.74 Å². The van der Waals surface area contributed by atoms with Gasteiger partial charge in [-0.1, -0.05) is 32.3 Å². The minimum Gasteiger partial charge on any atom is -0.463 e. The van der Waals surface area contributed by atoms with E-state index < -0.39 is 0 Å². The van der Waals surface area contributed by atoms with Gasteiger partial charge < -0.3 is 15.0 Å². The molecule has 0 bridgehead atoms. The third-order valence-electron chi connectivity index (χ3n) is 8.07. The van der Waals surface area contributed by atoms with E-state index in [0.29, 0.717) is 25.3 Å². The number of ether oxygens (including phenoxy) is 1. The summed E-state index contributed by atoms with van der Waals surface area (Å²) in [6, 6.07) is 6.62. The maximum Gasteiger partial charge on any atom is 0.322 e. The fourth-order valence-corrected chi connectivity index (χ4v) is 6.41. The molecule has 35 heavy (non-hydrogen) atoms. The van der Waals surface area contributed by atoms with Gasteiger partial charge in [-0.25, -0.2) is 4.79 Å². The van der Waals surface area contributed by atoms with Crippen LogP contribution in [0, 0.1) is 5.92 Å². The average molecular weight is 506 g/mol. The lowest BCUT2D eigenvalue weighted by molar-refractivity contribution is -0.147. The fraction of sp³-hybridized carbons (Fsp3) is 0.714. The lowest BCUT2D eigenvalue weighted by Crippen LogP contribution is -2.54. The Morgan fingerprint density at radius 3 is 2.54 bits per heavy atom. The Hall–Kier alpha value is -1.79. The van der Waals surface area contributed by atoms with Crippen molar-refractivity contribution >= 4 is 30.1 Å². The molecule has 1 unspecified atom stereocenters. The molecular formula is C28H44ClN3O3. The van der Waals surface area contributed by atoms with Crippen LogP contribution in [0.5, 0.6) is 0 Å². The van der Waals surface area contributed by atoms with E-state index in [1.165, 1.54) is 36.8 Å². The van der Waals surface area contributed by atoms with Crippen LogP contribution in [0.2, 0.25) is 0 Å². The Morgan fingerprint density at radius 2 is 1.86 bits per heavy atom. The Bertz CT molecular complexity index is 871. The molecule has 1 saturated carbocycles. The van der Waals surface area contributed by atoms with Crippen molar-refractivity contribution in [2.24, 2.45) is 5.92 Å². The third kappa shape index (κ3) is 6.32. The zero-order chi connectivity index (χ0) is 24.1. The average Bonchev–Trinajstić information content (AvgIpc) is 3.03. The first kappa shape index (κ1) is 27.8. The first-order chi connectivity index (χ1) is 16.4. The summed E-state index contributed by atoms with van der Waals surface area (Å²) in [7, 11) is 0. The van der Waals surface area contributed by atoms with Gasteiger partial charge in [0.25, 0.3) is 0 Å². The van der Waals surface area contributed by atoms with Gasteiger partial charge in [-0.15, -0.1) is 12.4 Å². The monoisotopic (exact) mass is 505 g/mol. The molecule has 1 aromatic rings. The highest BCUT2D eigenvalue weighted by Crippen LogP contribution is 2.44. The molecule has 3 aliphatic rings. The summed E-state index contributed by atoms with van der Waals surface area (Å²) in [5.74, 6) is 0.230. The first-order valence-electron chi connectivity index (χ1n) is 13.5. The van der Waals surface area contributed by atoms with E-state index >= 15 is 0 Å². The zero-order valence-electron chi connectivity index (χ0n) is 21.8. The van der Waals surface area contributed by atoms with Crippen LogP contribution in [0.3, 0.4) is 0 Å². The van der Waals surface area contributed by atoms with E-state index in [1.54, 1.807) is 0 Å². The number of urea groups is 1. The van der Waals surface area contributed by atoms with Gasteiger partial charge in [-0.2, -0.15) is 0 Å². The van der Waals surface area contributed by atoms with Crippen molar-refractivity contribution in [2.45, 2.75) is 96.6 Å². The van der Waals surface area contributed by atoms with Crippen molar-refractivity contribution in [3.63, 3.8) is 0 Å². The van der Waals surface area contributed by atoms with Gasteiger partial charge in [0, 0.05) is 31.7 Å². The largest absolute Gasteiger partial charge is 0.463 e. The van der Waals surface area contributed by atoms with Gasteiger partial charge in [-0.3, -0.25) is 9.69 Å². The second-order valence-corrected chi connectivity index (χ2v) is 10.8. The molecule has 2 fully saturated rings. The van der Waals surface area contributed by atoms with Crippen LogP contribution >= 0.6 is 12.4 Å². The number of hydrogen-bond acceptors (Lipinski definition) is 4. The minimum absolute atomic E-state index is 0. The third-order valence-corrected chi connectivity index (χ3v) is 8.07. The SMILES string of the molecule is CCCN1CCc2ccc(N3C(=O)NCC3(CCC(=O)OC(C)C)C3CCCCC3)cc2CC1.Cl. The van der Waals surface area contributed by atoms with Gasteiger partial charge >= 0.3 is 12.0 Å². The molecular weight excluding hydrogens is 462 g/mol. The van der Waals surface area contributed by atoms with Gasteiger partial charge in [0.2, 0.25) is 0 Å². The van der Waals surface area contributed by atoms with Crippen molar-refractivity contribution in [3.8, 4) is 0 Å². The Labute approximate surface area is 217 Å². The summed E-state index contributed by atoms with van der Waals surface area (Å²) in [5, 5.41) is 3.16. The van der Waals surface area contributed by atoms with E-state index in [9.17, 15) is 9.59 Å². The molecule has 0 aromatic heterocycles. The standard InChI is InChI=1S/C28H43N3O3.ClH/c1-4-16-30-17-13-22-10-11-25(19-23(22)14-18-30)31-27(33)29-20-28(31,24-8-6-5-7-9-24)15-12-26(32)34-21(2)3;/h10-11,19,21,24H,4-9,12-18,20H2,1-3H3,(H,29,33);1H. The molecule has 1 aromatic carbocycles. The molecule has 2 heterocycles. The fourth-order valence-electron chi connectivity index (χ4n) is 6.41. The molecule has 2 amide bonds. The molecule has 4 rings (SSSR count). The topological polar surface area (TPSA) is 61.9 Å². The van der Waals surface area contributed by atoms with Crippen LogP contribution in [-0.4, -0.2) is 54.7 Å². The van der Waals surface area contributed by atoms with E-state index in [1.807, 2.05) is 18.7 Å². The molecule has 196 valence electrons. The molecule has 1 atom stereocenters. The molecule has 0 spiro atoms. The highest BCUT2D eigenvalue weighted by Gasteiger charge is 2.51. The molecule has 1 saturated heterocycles. The first-order valence-corrected chi connectivity index (χ1v) is 13.5. The summed E-state index contributed by atoms with van der Waals surface area (Å²) in [6.45, 7) is 9.95. The number of esters is 1. The smallest absolute Gasteiger partial charge is 0.322 e. The number of halogens is 1. The second kappa shape index (κ2) is 12.4. The van der Waals surface area contributed by atoms with Gasteiger partial charge in [0.15, 0.2) is 0 Å². The maximum atomic E-state index is 13.3. The van der Waals surface area contributed by atoms with Crippen LogP contribution in [0.15, 0.2) is 18.2 Å². The van der Waals surface area contributed by atoms with Crippen LogP contribution in [0.25, 0.3) is 0 Å². The van der Waals surface area contributed by atoms with Crippen molar-refractivity contribution in [1.29, 1.82) is 0 Å². The molecule has 0 radical (unpaired) electrons. The molecule has 7 heteroatoms. The van der Waals surface area contributed by atoms with E-state index in [2.05, 4.69) is 35.3 Å². The van der Waals surface area contributed by atoms with Crippen LogP contribution in [0.1, 0.15) is 83.3 Å². The predicted molar refractivity (Wildman–Crippen MR) is 143 cm³/mol. The number of benzene rings is 1. The van der Waals surface area contributed by atoms with Crippen molar-refractivity contribution in [2.75, 3.05) is 31.1 Å². The van der Waals surface area contributed by atoms with E-state index in [0.717, 1.165) is 51.0 Å². The van der Waals surface area contributed by atoms with Crippen LogP contribution < -0.4 is 10.2 Å². The summed E-state index contributed by atoms with van der Waals surface area (Å²) in [4.78, 5) is 30.4. The number of amides is 2. The number of carbonyl (C=O) groups is 2. The van der Waals surface area contributed by atoms with Crippen LogP contribution in [0.4, 0.5) is 10.5 Å². The summed E-state index contributed by atoms with van der Waals surface area (Å²) >= 11 is 0. The normalized spacial score (nSPS) is 23.4.